The quantitative estimate of drug-likeness (QED) is 0.833. The highest BCUT2D eigenvalue weighted by molar-refractivity contribution is 7.89. The molecule has 0 bridgehead atoms. The summed E-state index contributed by atoms with van der Waals surface area (Å²) in [5.41, 5.74) is 1.08. The monoisotopic (exact) mass is 335 g/mol. The lowest BCUT2D eigenvalue weighted by Crippen LogP contribution is -2.48. The SMILES string of the molecule is NS(=O)(=O)c1ccc(N2CCN(c3ccc(O)cc3)CC2)[nH+]c1. The fourth-order valence-corrected chi connectivity index (χ4v) is 3.13. The lowest BCUT2D eigenvalue weighted by atomic mass is 10.2. The first-order chi connectivity index (χ1) is 10.9. The Labute approximate surface area is 135 Å². The van der Waals surface area contributed by atoms with Gasteiger partial charge in [-0.25, -0.2) is 18.5 Å². The standard InChI is InChI=1S/C15H18N4O3S/c16-23(21,22)14-5-6-15(17-11-14)19-9-7-18(8-10-19)12-1-3-13(20)4-2-12/h1-6,11,20H,7-10H2,(H2,16,21,22)/p+1. The molecule has 0 spiro atoms. The summed E-state index contributed by atoms with van der Waals surface area (Å²) in [4.78, 5) is 7.46. The van der Waals surface area contributed by atoms with Gasteiger partial charge in [-0.05, 0) is 30.3 Å². The molecule has 23 heavy (non-hydrogen) atoms. The number of hydrogen-bond acceptors (Lipinski definition) is 5. The summed E-state index contributed by atoms with van der Waals surface area (Å²) in [6, 6.07) is 10.4. The van der Waals surface area contributed by atoms with Crippen molar-refractivity contribution in [3.63, 3.8) is 0 Å². The zero-order chi connectivity index (χ0) is 16.4. The van der Waals surface area contributed by atoms with Crippen LogP contribution in [-0.2, 0) is 10.0 Å². The van der Waals surface area contributed by atoms with Crippen molar-refractivity contribution in [2.75, 3.05) is 36.0 Å². The Balaban J connectivity index is 1.66. The van der Waals surface area contributed by atoms with Crippen LogP contribution in [0.25, 0.3) is 0 Å². The smallest absolute Gasteiger partial charge is 0.274 e. The molecule has 0 aliphatic carbocycles. The third-order valence-electron chi connectivity index (χ3n) is 3.93. The van der Waals surface area contributed by atoms with E-state index in [1.165, 1.54) is 12.3 Å². The van der Waals surface area contributed by atoms with Crippen LogP contribution in [-0.4, -0.2) is 39.7 Å². The molecule has 7 nitrogen and oxygen atoms in total. The summed E-state index contributed by atoms with van der Waals surface area (Å²) in [6.07, 6.45) is 1.41. The van der Waals surface area contributed by atoms with Gasteiger partial charge in [-0.1, -0.05) is 0 Å². The highest BCUT2D eigenvalue weighted by Gasteiger charge is 2.24. The third kappa shape index (κ3) is 3.54. The second kappa shape index (κ2) is 6.05. The predicted octanol–water partition coefficient (Wildman–Crippen LogP) is 0.180. The van der Waals surface area contributed by atoms with Crippen molar-refractivity contribution in [3.8, 4) is 5.75 Å². The van der Waals surface area contributed by atoms with Gasteiger partial charge in [-0.15, -0.1) is 0 Å². The summed E-state index contributed by atoms with van der Waals surface area (Å²) < 4.78 is 22.5. The van der Waals surface area contributed by atoms with Crippen LogP contribution in [0.3, 0.4) is 0 Å². The molecular weight excluding hydrogens is 316 g/mol. The molecule has 4 N–H and O–H groups in total. The molecule has 1 aromatic carbocycles. The number of pyridine rings is 1. The highest BCUT2D eigenvalue weighted by atomic mass is 32.2. The summed E-state index contributed by atoms with van der Waals surface area (Å²) in [6.45, 7) is 3.31. The molecule has 0 amide bonds. The van der Waals surface area contributed by atoms with Gasteiger partial charge in [0.05, 0.1) is 13.1 Å². The minimum atomic E-state index is -3.68. The van der Waals surface area contributed by atoms with Crippen molar-refractivity contribution in [2.45, 2.75) is 4.90 Å². The molecule has 122 valence electrons. The van der Waals surface area contributed by atoms with Crippen LogP contribution < -0.4 is 19.9 Å². The maximum atomic E-state index is 11.3. The number of H-pyrrole nitrogens is 1. The van der Waals surface area contributed by atoms with Gasteiger partial charge >= 0.3 is 0 Å². The van der Waals surface area contributed by atoms with E-state index in [-0.39, 0.29) is 10.6 Å². The number of aromatic nitrogens is 1. The number of nitrogens with zero attached hydrogens (tertiary/aromatic N) is 2. The van der Waals surface area contributed by atoms with Crippen LogP contribution >= 0.6 is 0 Å². The van der Waals surface area contributed by atoms with Crippen LogP contribution in [0.5, 0.6) is 5.75 Å². The first kappa shape index (κ1) is 15.6. The van der Waals surface area contributed by atoms with E-state index in [0.29, 0.717) is 0 Å². The highest BCUT2D eigenvalue weighted by Crippen LogP contribution is 2.21. The summed E-state index contributed by atoms with van der Waals surface area (Å²) in [7, 11) is -3.68. The van der Waals surface area contributed by atoms with Gasteiger partial charge in [0, 0.05) is 11.8 Å². The third-order valence-corrected chi connectivity index (χ3v) is 4.84. The molecule has 1 aromatic heterocycles. The van der Waals surface area contributed by atoms with Gasteiger partial charge in [0.15, 0.2) is 0 Å². The first-order valence-electron chi connectivity index (χ1n) is 7.27. The topological polar surface area (TPSA) is 101 Å². The molecule has 0 atom stereocenters. The van der Waals surface area contributed by atoms with E-state index in [1.54, 1.807) is 18.2 Å². The second-order valence-electron chi connectivity index (χ2n) is 5.45. The van der Waals surface area contributed by atoms with E-state index < -0.39 is 10.0 Å². The van der Waals surface area contributed by atoms with Crippen LogP contribution in [0.4, 0.5) is 11.5 Å². The van der Waals surface area contributed by atoms with E-state index in [0.717, 1.165) is 37.7 Å². The number of phenols is 1. The molecule has 0 unspecified atom stereocenters. The summed E-state index contributed by atoms with van der Waals surface area (Å²) in [5, 5.41) is 14.4. The number of sulfonamides is 1. The molecule has 0 saturated carbocycles. The summed E-state index contributed by atoms with van der Waals surface area (Å²) in [5.74, 6) is 1.12. The van der Waals surface area contributed by atoms with E-state index in [1.807, 2.05) is 12.1 Å². The number of rotatable bonds is 3. The minimum Gasteiger partial charge on any atom is -0.508 e. The van der Waals surface area contributed by atoms with Crippen LogP contribution in [0.15, 0.2) is 47.5 Å². The van der Waals surface area contributed by atoms with E-state index in [9.17, 15) is 13.5 Å². The Kier molecular flexibility index (Phi) is 4.10. The number of piperazine rings is 1. The van der Waals surface area contributed by atoms with Crippen molar-refractivity contribution in [1.82, 2.24) is 0 Å². The largest absolute Gasteiger partial charge is 0.508 e. The van der Waals surface area contributed by atoms with Crippen molar-refractivity contribution in [3.05, 3.63) is 42.6 Å². The fraction of sp³-hybridized carbons (Fsp3) is 0.267. The fourth-order valence-electron chi connectivity index (χ4n) is 2.65. The van der Waals surface area contributed by atoms with Gasteiger partial charge in [-0.2, -0.15) is 0 Å². The molecule has 1 aliphatic rings. The van der Waals surface area contributed by atoms with Crippen LogP contribution in [0.1, 0.15) is 0 Å². The average molecular weight is 335 g/mol. The molecule has 8 heteroatoms. The predicted molar refractivity (Wildman–Crippen MR) is 86.9 cm³/mol. The van der Waals surface area contributed by atoms with Crippen molar-refractivity contribution in [2.24, 2.45) is 5.14 Å². The number of anilines is 2. The maximum absolute atomic E-state index is 11.3. The van der Waals surface area contributed by atoms with Gasteiger partial charge in [-0.3, -0.25) is 4.90 Å². The Morgan fingerprint density at radius 2 is 1.57 bits per heavy atom. The Hall–Kier alpha value is -2.32. The lowest BCUT2D eigenvalue weighted by Gasteiger charge is -2.32. The van der Waals surface area contributed by atoms with Crippen molar-refractivity contribution in [1.29, 1.82) is 0 Å². The molecule has 1 fully saturated rings. The zero-order valence-corrected chi connectivity index (χ0v) is 13.3. The number of primary sulfonamides is 1. The average Bonchev–Trinajstić information content (AvgIpc) is 2.55. The lowest BCUT2D eigenvalue weighted by molar-refractivity contribution is -0.367. The molecule has 2 aromatic rings. The minimum absolute atomic E-state index is 0.0731. The van der Waals surface area contributed by atoms with Crippen LogP contribution in [0, 0.1) is 0 Å². The number of nitrogens with one attached hydrogen (secondary N) is 1. The Morgan fingerprint density at radius 1 is 0.957 bits per heavy atom. The van der Waals surface area contributed by atoms with Gasteiger partial charge in [0.1, 0.15) is 29.9 Å². The van der Waals surface area contributed by atoms with E-state index in [4.69, 9.17) is 5.14 Å². The number of phenolic OH excluding ortho intramolecular Hbond substituents is 1. The molecule has 3 rings (SSSR count). The molecule has 1 aliphatic heterocycles. The Bertz CT molecular complexity index is 767. The first-order valence-corrected chi connectivity index (χ1v) is 8.81. The molecule has 0 radical (unpaired) electrons. The summed E-state index contributed by atoms with van der Waals surface area (Å²) >= 11 is 0. The van der Waals surface area contributed by atoms with Gasteiger partial charge in [0.2, 0.25) is 10.0 Å². The maximum Gasteiger partial charge on any atom is 0.274 e. The van der Waals surface area contributed by atoms with Gasteiger partial charge in [0.25, 0.3) is 5.82 Å². The van der Waals surface area contributed by atoms with E-state index in [2.05, 4.69) is 14.8 Å². The zero-order valence-electron chi connectivity index (χ0n) is 12.5. The van der Waals surface area contributed by atoms with Gasteiger partial charge < -0.3 is 10.0 Å². The van der Waals surface area contributed by atoms with Crippen LogP contribution in [0.2, 0.25) is 0 Å². The van der Waals surface area contributed by atoms with Crippen molar-refractivity contribution < 1.29 is 18.5 Å². The molecule has 2 heterocycles. The normalized spacial score (nSPS) is 15.7. The number of nitrogens with two attached hydrogens (primary N) is 1. The number of hydrogen-bond donors (Lipinski definition) is 2. The molecular formula is C15H19N4O3S+. The van der Waals surface area contributed by atoms with E-state index >= 15 is 0 Å². The Morgan fingerprint density at radius 3 is 2.09 bits per heavy atom. The number of aromatic amines is 1. The van der Waals surface area contributed by atoms with Crippen molar-refractivity contribution >= 4 is 21.5 Å². The number of benzene rings is 1. The molecule has 1 saturated heterocycles. The number of aromatic hydroxyl groups is 1. The second-order valence-corrected chi connectivity index (χ2v) is 7.01.